The SMILES string of the molecule is C=CCN(CCC)c1cccc(Cl)c1C(=O)O. The van der Waals surface area contributed by atoms with Crippen LogP contribution in [-0.2, 0) is 0 Å². The van der Waals surface area contributed by atoms with E-state index in [0.29, 0.717) is 12.2 Å². The fourth-order valence-electron chi connectivity index (χ4n) is 1.72. The number of carboxylic acid groups (broad SMARTS) is 1. The Morgan fingerprint density at radius 2 is 2.29 bits per heavy atom. The molecule has 92 valence electrons. The first-order valence-electron chi connectivity index (χ1n) is 5.49. The fourth-order valence-corrected chi connectivity index (χ4v) is 1.97. The first-order chi connectivity index (χ1) is 8.11. The molecule has 0 fully saturated rings. The number of hydrogen-bond acceptors (Lipinski definition) is 2. The number of benzene rings is 1. The minimum absolute atomic E-state index is 0.157. The summed E-state index contributed by atoms with van der Waals surface area (Å²) in [7, 11) is 0. The maximum Gasteiger partial charge on any atom is 0.339 e. The highest BCUT2D eigenvalue weighted by Gasteiger charge is 2.17. The maximum atomic E-state index is 11.2. The van der Waals surface area contributed by atoms with Gasteiger partial charge in [0.2, 0.25) is 0 Å². The molecule has 0 atom stereocenters. The predicted molar refractivity (Wildman–Crippen MR) is 71.1 cm³/mol. The molecule has 0 aliphatic carbocycles. The third kappa shape index (κ3) is 3.24. The molecule has 3 nitrogen and oxygen atoms in total. The first kappa shape index (κ1) is 13.6. The zero-order chi connectivity index (χ0) is 12.8. The summed E-state index contributed by atoms with van der Waals surface area (Å²) in [6, 6.07) is 5.12. The van der Waals surface area contributed by atoms with E-state index in [1.54, 1.807) is 24.3 Å². The van der Waals surface area contributed by atoms with Crippen molar-refractivity contribution in [2.45, 2.75) is 13.3 Å². The Morgan fingerprint density at radius 1 is 1.59 bits per heavy atom. The van der Waals surface area contributed by atoms with Gasteiger partial charge in [-0.15, -0.1) is 6.58 Å². The fraction of sp³-hybridized carbons (Fsp3) is 0.308. The zero-order valence-corrected chi connectivity index (χ0v) is 10.6. The summed E-state index contributed by atoms with van der Waals surface area (Å²) in [4.78, 5) is 13.2. The molecule has 17 heavy (non-hydrogen) atoms. The molecule has 1 N–H and O–H groups in total. The van der Waals surface area contributed by atoms with Crippen LogP contribution in [0.1, 0.15) is 23.7 Å². The van der Waals surface area contributed by atoms with Crippen molar-refractivity contribution in [1.82, 2.24) is 0 Å². The lowest BCUT2D eigenvalue weighted by Gasteiger charge is -2.24. The molecule has 0 spiro atoms. The van der Waals surface area contributed by atoms with Crippen molar-refractivity contribution in [3.05, 3.63) is 41.4 Å². The van der Waals surface area contributed by atoms with Gasteiger partial charge in [0.25, 0.3) is 0 Å². The standard InChI is InChI=1S/C13H16ClNO2/c1-3-8-15(9-4-2)11-7-5-6-10(14)12(11)13(16)17/h3,5-7H,1,4,8-9H2,2H3,(H,16,17). The smallest absolute Gasteiger partial charge is 0.339 e. The van der Waals surface area contributed by atoms with Crippen molar-refractivity contribution in [2.75, 3.05) is 18.0 Å². The molecule has 1 aromatic rings. The lowest BCUT2D eigenvalue weighted by molar-refractivity contribution is 0.0697. The molecule has 1 aromatic carbocycles. The topological polar surface area (TPSA) is 40.5 Å². The summed E-state index contributed by atoms with van der Waals surface area (Å²) in [5.74, 6) is -1.00. The third-order valence-corrected chi connectivity index (χ3v) is 2.70. The van der Waals surface area contributed by atoms with Crippen molar-refractivity contribution in [3.8, 4) is 0 Å². The monoisotopic (exact) mass is 253 g/mol. The highest BCUT2D eigenvalue weighted by molar-refractivity contribution is 6.34. The minimum Gasteiger partial charge on any atom is -0.478 e. The molecular weight excluding hydrogens is 238 g/mol. The Labute approximate surface area is 106 Å². The first-order valence-corrected chi connectivity index (χ1v) is 5.87. The predicted octanol–water partition coefficient (Wildman–Crippen LogP) is 3.44. The molecule has 0 unspecified atom stereocenters. The van der Waals surface area contributed by atoms with Gasteiger partial charge in [-0.3, -0.25) is 0 Å². The van der Waals surface area contributed by atoms with E-state index >= 15 is 0 Å². The Kier molecular flexibility index (Phi) is 5.04. The quantitative estimate of drug-likeness (QED) is 0.790. The lowest BCUT2D eigenvalue weighted by atomic mass is 10.1. The van der Waals surface area contributed by atoms with E-state index < -0.39 is 5.97 Å². The number of carbonyl (C=O) groups is 1. The summed E-state index contributed by atoms with van der Waals surface area (Å²) in [5, 5.41) is 9.46. The van der Waals surface area contributed by atoms with Crippen molar-refractivity contribution in [1.29, 1.82) is 0 Å². The van der Waals surface area contributed by atoms with Crippen molar-refractivity contribution < 1.29 is 9.90 Å². The minimum atomic E-state index is -1.00. The Balaban J connectivity index is 3.21. The largest absolute Gasteiger partial charge is 0.478 e. The van der Waals surface area contributed by atoms with E-state index in [1.807, 2.05) is 11.8 Å². The molecule has 4 heteroatoms. The molecule has 0 aromatic heterocycles. The van der Waals surface area contributed by atoms with Gasteiger partial charge in [-0.2, -0.15) is 0 Å². The number of carboxylic acids is 1. The van der Waals surface area contributed by atoms with E-state index in [4.69, 9.17) is 11.6 Å². The molecule has 0 amide bonds. The number of rotatable bonds is 6. The Hall–Kier alpha value is -1.48. The van der Waals surface area contributed by atoms with Crippen LogP contribution in [0.4, 0.5) is 5.69 Å². The third-order valence-electron chi connectivity index (χ3n) is 2.39. The summed E-state index contributed by atoms with van der Waals surface area (Å²) in [6.07, 6.45) is 2.68. The van der Waals surface area contributed by atoms with Crippen LogP contribution in [0.15, 0.2) is 30.9 Å². The maximum absolute atomic E-state index is 11.2. The molecule has 0 saturated heterocycles. The zero-order valence-electron chi connectivity index (χ0n) is 9.82. The van der Waals surface area contributed by atoms with Crippen LogP contribution in [0.2, 0.25) is 5.02 Å². The van der Waals surface area contributed by atoms with Crippen molar-refractivity contribution in [3.63, 3.8) is 0 Å². The summed E-state index contributed by atoms with van der Waals surface area (Å²) in [5.41, 5.74) is 0.802. The van der Waals surface area contributed by atoms with Gasteiger partial charge < -0.3 is 10.0 Å². The van der Waals surface area contributed by atoms with E-state index in [0.717, 1.165) is 13.0 Å². The molecule has 0 heterocycles. The Morgan fingerprint density at radius 3 is 2.82 bits per heavy atom. The van der Waals surface area contributed by atoms with E-state index in [9.17, 15) is 9.90 Å². The molecule has 1 rings (SSSR count). The number of nitrogens with zero attached hydrogens (tertiary/aromatic N) is 1. The van der Waals surface area contributed by atoms with Gasteiger partial charge in [-0.25, -0.2) is 4.79 Å². The highest BCUT2D eigenvalue weighted by atomic mass is 35.5. The second kappa shape index (κ2) is 6.30. The van der Waals surface area contributed by atoms with Crippen LogP contribution in [0.5, 0.6) is 0 Å². The van der Waals surface area contributed by atoms with Crippen LogP contribution < -0.4 is 4.90 Å². The second-order valence-corrected chi connectivity index (χ2v) is 4.08. The van der Waals surface area contributed by atoms with Gasteiger partial charge in [0.05, 0.1) is 10.7 Å². The number of aromatic carboxylic acids is 1. The highest BCUT2D eigenvalue weighted by Crippen LogP contribution is 2.27. The van der Waals surface area contributed by atoms with Gasteiger partial charge >= 0.3 is 5.97 Å². The van der Waals surface area contributed by atoms with Crippen LogP contribution in [0, 0.1) is 0 Å². The summed E-state index contributed by atoms with van der Waals surface area (Å²) < 4.78 is 0. The van der Waals surface area contributed by atoms with Crippen LogP contribution in [0.3, 0.4) is 0 Å². The van der Waals surface area contributed by atoms with Gasteiger partial charge in [-0.1, -0.05) is 30.7 Å². The molecule has 0 aliphatic heterocycles. The molecule has 0 radical (unpaired) electrons. The lowest BCUT2D eigenvalue weighted by Crippen LogP contribution is -2.26. The summed E-state index contributed by atoms with van der Waals surface area (Å²) in [6.45, 7) is 7.10. The number of hydrogen-bond donors (Lipinski definition) is 1. The molecular formula is C13H16ClNO2. The molecule has 0 aliphatic rings. The van der Waals surface area contributed by atoms with Crippen LogP contribution >= 0.6 is 11.6 Å². The van der Waals surface area contributed by atoms with Gasteiger partial charge in [0, 0.05) is 13.1 Å². The van der Waals surface area contributed by atoms with Crippen LogP contribution in [0.25, 0.3) is 0 Å². The van der Waals surface area contributed by atoms with Gasteiger partial charge in [-0.05, 0) is 18.6 Å². The number of halogens is 1. The Bertz CT molecular complexity index is 418. The normalized spacial score (nSPS) is 10.0. The van der Waals surface area contributed by atoms with Gasteiger partial charge in [0.15, 0.2) is 0 Å². The van der Waals surface area contributed by atoms with Crippen molar-refractivity contribution >= 4 is 23.3 Å². The van der Waals surface area contributed by atoms with E-state index in [-0.39, 0.29) is 10.6 Å². The summed E-state index contributed by atoms with van der Waals surface area (Å²) >= 11 is 5.94. The average molecular weight is 254 g/mol. The van der Waals surface area contributed by atoms with Crippen molar-refractivity contribution in [2.24, 2.45) is 0 Å². The second-order valence-electron chi connectivity index (χ2n) is 3.67. The average Bonchev–Trinajstić information content (AvgIpc) is 2.28. The van der Waals surface area contributed by atoms with Crippen LogP contribution in [-0.4, -0.2) is 24.2 Å². The molecule has 0 bridgehead atoms. The van der Waals surface area contributed by atoms with Gasteiger partial charge in [0.1, 0.15) is 5.56 Å². The molecule has 0 saturated carbocycles. The van der Waals surface area contributed by atoms with E-state index in [1.165, 1.54) is 0 Å². The van der Waals surface area contributed by atoms with E-state index in [2.05, 4.69) is 6.58 Å². The number of anilines is 1.